The van der Waals surface area contributed by atoms with Gasteiger partial charge in [-0.15, -0.1) is 0 Å². The Morgan fingerprint density at radius 1 is 1.36 bits per heavy atom. The fraction of sp³-hybridized carbons (Fsp3) is 0.353. The lowest BCUT2D eigenvalue weighted by atomic mass is 9.92. The van der Waals surface area contributed by atoms with Crippen LogP contribution in [0.4, 0.5) is 9.52 Å². The van der Waals surface area contributed by atoms with Gasteiger partial charge in [0, 0.05) is 37.4 Å². The summed E-state index contributed by atoms with van der Waals surface area (Å²) in [5.41, 5.74) is 1.12. The van der Waals surface area contributed by atoms with Gasteiger partial charge in [0.2, 0.25) is 5.91 Å². The van der Waals surface area contributed by atoms with Crippen LogP contribution in [0.15, 0.2) is 33.1 Å². The van der Waals surface area contributed by atoms with E-state index in [2.05, 4.69) is 15.5 Å². The van der Waals surface area contributed by atoms with Crippen molar-refractivity contribution in [1.82, 2.24) is 14.4 Å². The van der Waals surface area contributed by atoms with Crippen LogP contribution in [-0.2, 0) is 14.8 Å². The predicted octanol–water partition coefficient (Wildman–Crippen LogP) is 2.95. The first-order chi connectivity index (χ1) is 13.3. The quantitative estimate of drug-likeness (QED) is 0.690. The summed E-state index contributed by atoms with van der Waals surface area (Å²) in [5, 5.41) is 7.57. The van der Waals surface area contributed by atoms with Gasteiger partial charge >= 0.3 is 0 Å². The zero-order valence-corrected chi connectivity index (χ0v) is 16.5. The number of benzene rings is 1. The molecule has 2 aromatic heterocycles. The van der Waals surface area contributed by atoms with E-state index in [1.54, 1.807) is 6.07 Å². The molecule has 1 aromatic carbocycles. The number of piperidine rings is 1. The number of aromatic nitrogens is 2. The van der Waals surface area contributed by atoms with Gasteiger partial charge in [-0.3, -0.25) is 4.79 Å². The molecule has 11 heteroatoms. The highest BCUT2D eigenvalue weighted by Gasteiger charge is 2.33. The molecule has 3 heterocycles. The van der Waals surface area contributed by atoms with Crippen LogP contribution in [0.3, 0.4) is 0 Å². The van der Waals surface area contributed by atoms with E-state index in [0.717, 1.165) is 22.4 Å². The van der Waals surface area contributed by atoms with Crippen molar-refractivity contribution in [2.45, 2.75) is 29.9 Å². The summed E-state index contributed by atoms with van der Waals surface area (Å²) >= 11 is 0.928. The van der Waals surface area contributed by atoms with Crippen molar-refractivity contribution in [3.63, 3.8) is 0 Å². The Balaban J connectivity index is 1.48. The second kappa shape index (κ2) is 7.22. The van der Waals surface area contributed by atoms with E-state index < -0.39 is 10.0 Å². The standard InChI is InChI=1S/C17H17FN4O4S2/c1-10(23)20-17-19-9-15(27-17)28(24,25)22-6-4-11(5-7-22)16-13-3-2-12(18)8-14(13)26-21-16/h2-3,8-9,11H,4-7H2,1H3,(H,19,20,23). The third-order valence-corrected chi connectivity index (χ3v) is 7.91. The normalized spacial score (nSPS) is 16.5. The fourth-order valence-corrected chi connectivity index (χ4v) is 6.01. The number of thiazole rings is 1. The molecule has 1 N–H and O–H groups in total. The number of fused-ring (bicyclic) bond motifs is 1. The Morgan fingerprint density at radius 3 is 2.82 bits per heavy atom. The highest BCUT2D eigenvalue weighted by Crippen LogP contribution is 2.35. The summed E-state index contributed by atoms with van der Waals surface area (Å²) in [7, 11) is -3.67. The summed E-state index contributed by atoms with van der Waals surface area (Å²) in [6.45, 7) is 1.99. The van der Waals surface area contributed by atoms with Crippen LogP contribution in [0.2, 0.25) is 0 Å². The minimum Gasteiger partial charge on any atom is -0.356 e. The third kappa shape index (κ3) is 3.52. The van der Waals surface area contributed by atoms with Crippen LogP contribution in [0, 0.1) is 5.82 Å². The SMILES string of the molecule is CC(=O)Nc1ncc(S(=O)(=O)N2CCC(c3noc4cc(F)ccc34)CC2)s1. The van der Waals surface area contributed by atoms with Gasteiger partial charge in [-0.05, 0) is 25.0 Å². The molecule has 148 valence electrons. The number of amides is 1. The average Bonchev–Trinajstić information content (AvgIpc) is 3.28. The fourth-order valence-electron chi connectivity index (χ4n) is 3.31. The Labute approximate surface area is 164 Å². The summed E-state index contributed by atoms with van der Waals surface area (Å²) in [6, 6.07) is 4.29. The van der Waals surface area contributed by atoms with Crippen molar-refractivity contribution in [3.8, 4) is 0 Å². The molecule has 8 nitrogen and oxygen atoms in total. The lowest BCUT2D eigenvalue weighted by molar-refractivity contribution is -0.114. The molecular weight excluding hydrogens is 407 g/mol. The average molecular weight is 424 g/mol. The highest BCUT2D eigenvalue weighted by molar-refractivity contribution is 7.91. The lowest BCUT2D eigenvalue weighted by Crippen LogP contribution is -2.37. The van der Waals surface area contributed by atoms with E-state index in [0.29, 0.717) is 31.5 Å². The summed E-state index contributed by atoms with van der Waals surface area (Å²) in [5.74, 6) is -0.660. The zero-order valence-electron chi connectivity index (χ0n) is 14.9. The zero-order chi connectivity index (χ0) is 19.9. The Bertz CT molecular complexity index is 1130. The molecule has 0 spiro atoms. The van der Waals surface area contributed by atoms with Crippen LogP contribution in [0.5, 0.6) is 0 Å². The van der Waals surface area contributed by atoms with Gasteiger partial charge < -0.3 is 9.84 Å². The molecule has 1 amide bonds. The van der Waals surface area contributed by atoms with Gasteiger partial charge in [0.1, 0.15) is 5.82 Å². The summed E-state index contributed by atoms with van der Waals surface area (Å²) in [6.07, 6.45) is 2.42. The van der Waals surface area contributed by atoms with Crippen LogP contribution in [0.1, 0.15) is 31.4 Å². The number of halogens is 1. The number of carbonyl (C=O) groups is 1. The summed E-state index contributed by atoms with van der Waals surface area (Å²) < 4.78 is 45.7. The Morgan fingerprint density at radius 2 is 2.11 bits per heavy atom. The third-order valence-electron chi connectivity index (χ3n) is 4.66. The van der Waals surface area contributed by atoms with Crippen LogP contribution < -0.4 is 5.32 Å². The Kier molecular flexibility index (Phi) is 4.89. The number of carbonyl (C=O) groups excluding carboxylic acids is 1. The molecule has 1 fully saturated rings. The molecule has 0 aliphatic carbocycles. The lowest BCUT2D eigenvalue weighted by Gasteiger charge is -2.29. The first-order valence-corrected chi connectivity index (χ1v) is 10.9. The van der Waals surface area contributed by atoms with Crippen LogP contribution in [0.25, 0.3) is 11.0 Å². The van der Waals surface area contributed by atoms with Crippen molar-refractivity contribution in [2.24, 2.45) is 0 Å². The van der Waals surface area contributed by atoms with E-state index in [4.69, 9.17) is 4.52 Å². The maximum Gasteiger partial charge on any atom is 0.254 e. The van der Waals surface area contributed by atoms with E-state index >= 15 is 0 Å². The molecule has 1 saturated heterocycles. The second-order valence-electron chi connectivity index (χ2n) is 6.55. The van der Waals surface area contributed by atoms with Crippen molar-refractivity contribution >= 4 is 43.4 Å². The van der Waals surface area contributed by atoms with Crippen molar-refractivity contribution in [3.05, 3.63) is 35.9 Å². The maximum atomic E-state index is 13.3. The molecule has 3 aromatic rings. The number of anilines is 1. The number of sulfonamides is 1. The van der Waals surface area contributed by atoms with Gasteiger partial charge in [-0.1, -0.05) is 16.5 Å². The number of nitrogens with zero attached hydrogens (tertiary/aromatic N) is 3. The molecule has 0 radical (unpaired) electrons. The first-order valence-electron chi connectivity index (χ1n) is 8.63. The highest BCUT2D eigenvalue weighted by atomic mass is 32.2. The van der Waals surface area contributed by atoms with Gasteiger partial charge in [0.05, 0.1) is 11.9 Å². The molecule has 1 aliphatic rings. The smallest absolute Gasteiger partial charge is 0.254 e. The molecule has 0 atom stereocenters. The van der Waals surface area contributed by atoms with Gasteiger partial charge in [0.15, 0.2) is 14.9 Å². The molecule has 1 aliphatic heterocycles. The van der Waals surface area contributed by atoms with E-state index in [1.807, 2.05) is 0 Å². The van der Waals surface area contributed by atoms with Crippen molar-refractivity contribution < 1.29 is 22.1 Å². The molecule has 28 heavy (non-hydrogen) atoms. The topological polar surface area (TPSA) is 105 Å². The monoisotopic (exact) mass is 424 g/mol. The maximum absolute atomic E-state index is 13.3. The van der Waals surface area contributed by atoms with Crippen molar-refractivity contribution in [1.29, 1.82) is 0 Å². The molecule has 0 bridgehead atoms. The number of hydrogen-bond acceptors (Lipinski definition) is 7. The first kappa shape index (κ1) is 19.0. The van der Waals surface area contributed by atoms with Crippen LogP contribution in [-0.4, -0.2) is 41.9 Å². The van der Waals surface area contributed by atoms with Crippen LogP contribution >= 0.6 is 11.3 Å². The summed E-state index contributed by atoms with van der Waals surface area (Å²) in [4.78, 5) is 15.0. The Hall–Kier alpha value is -2.37. The van der Waals surface area contributed by atoms with Gasteiger partial charge in [-0.2, -0.15) is 4.31 Å². The minimum absolute atomic E-state index is 0.0366. The van der Waals surface area contributed by atoms with E-state index in [-0.39, 0.29) is 27.0 Å². The largest absolute Gasteiger partial charge is 0.356 e. The number of nitrogens with one attached hydrogen (secondary N) is 1. The van der Waals surface area contributed by atoms with Crippen molar-refractivity contribution in [2.75, 3.05) is 18.4 Å². The number of hydrogen-bond donors (Lipinski definition) is 1. The van der Waals surface area contributed by atoms with E-state index in [9.17, 15) is 17.6 Å². The number of rotatable bonds is 4. The molecule has 0 saturated carbocycles. The second-order valence-corrected chi connectivity index (χ2v) is 9.75. The van der Waals surface area contributed by atoms with Gasteiger partial charge in [-0.25, -0.2) is 17.8 Å². The van der Waals surface area contributed by atoms with Gasteiger partial charge in [0.25, 0.3) is 10.0 Å². The predicted molar refractivity (Wildman–Crippen MR) is 101 cm³/mol. The molecule has 4 rings (SSSR count). The van der Waals surface area contributed by atoms with E-state index in [1.165, 1.54) is 29.6 Å². The molecule has 0 unspecified atom stereocenters. The minimum atomic E-state index is -3.67. The molecular formula is C17H17FN4O4S2.